The second-order valence-electron chi connectivity index (χ2n) is 9.00. The molecule has 2 N–H and O–H groups in total. The Morgan fingerprint density at radius 2 is 1.54 bits per heavy atom. The zero-order valence-corrected chi connectivity index (χ0v) is 20.1. The van der Waals surface area contributed by atoms with Crippen molar-refractivity contribution in [2.45, 2.75) is 38.4 Å². The minimum absolute atomic E-state index is 0.00678. The maximum atomic E-state index is 13.1. The second-order valence-corrected chi connectivity index (χ2v) is 9.00. The highest BCUT2D eigenvalue weighted by atomic mass is 16.2. The molecule has 2 aromatic carbocycles. The SMILES string of the molecule is CNC(=O)c1cn(CCCc2ccccc2)cc(C(=O)NC2CCN(Cc3ccccc3)C2)c1=O. The van der Waals surface area contributed by atoms with Gasteiger partial charge in [-0.15, -0.1) is 0 Å². The molecule has 1 fully saturated rings. The van der Waals surface area contributed by atoms with Crippen LogP contribution in [-0.4, -0.2) is 47.5 Å². The molecule has 0 bridgehead atoms. The van der Waals surface area contributed by atoms with Gasteiger partial charge in [-0.25, -0.2) is 0 Å². The predicted octanol–water partition coefficient (Wildman–Crippen LogP) is 2.85. The van der Waals surface area contributed by atoms with E-state index in [2.05, 4.69) is 39.8 Å². The van der Waals surface area contributed by atoms with E-state index in [1.54, 1.807) is 17.0 Å². The fourth-order valence-corrected chi connectivity index (χ4v) is 4.53. The molecule has 1 aliphatic heterocycles. The Balaban J connectivity index is 1.44. The number of aryl methyl sites for hydroxylation is 2. The van der Waals surface area contributed by atoms with Crippen LogP contribution in [0.2, 0.25) is 0 Å². The molecule has 4 rings (SSSR count). The van der Waals surface area contributed by atoms with E-state index in [4.69, 9.17) is 0 Å². The van der Waals surface area contributed by atoms with Gasteiger partial charge in [-0.2, -0.15) is 0 Å². The van der Waals surface area contributed by atoms with Crippen LogP contribution in [0.5, 0.6) is 0 Å². The highest BCUT2D eigenvalue weighted by Gasteiger charge is 2.26. The number of aromatic nitrogens is 1. The van der Waals surface area contributed by atoms with Gasteiger partial charge in [-0.3, -0.25) is 19.3 Å². The van der Waals surface area contributed by atoms with Crippen LogP contribution < -0.4 is 16.1 Å². The molecular weight excluding hydrogens is 440 g/mol. The molecule has 182 valence electrons. The Hall–Kier alpha value is -3.71. The number of likely N-dealkylation sites (tertiary alicyclic amines) is 1. The lowest BCUT2D eigenvalue weighted by atomic mass is 10.1. The number of nitrogens with one attached hydrogen (secondary N) is 2. The molecule has 1 saturated heterocycles. The second kappa shape index (κ2) is 11.6. The Bertz CT molecular complexity index is 1210. The molecule has 7 heteroatoms. The first kappa shape index (κ1) is 24.4. The van der Waals surface area contributed by atoms with Crippen molar-refractivity contribution < 1.29 is 9.59 Å². The average Bonchev–Trinajstić information content (AvgIpc) is 3.32. The van der Waals surface area contributed by atoms with Gasteiger partial charge in [-0.1, -0.05) is 60.7 Å². The lowest BCUT2D eigenvalue weighted by Crippen LogP contribution is -2.40. The van der Waals surface area contributed by atoms with Crippen molar-refractivity contribution in [3.63, 3.8) is 0 Å². The van der Waals surface area contributed by atoms with Crippen molar-refractivity contribution in [3.8, 4) is 0 Å². The molecule has 3 aromatic rings. The summed E-state index contributed by atoms with van der Waals surface area (Å²) in [4.78, 5) is 40.8. The number of benzene rings is 2. The fraction of sp³-hybridized carbons (Fsp3) is 0.321. The van der Waals surface area contributed by atoms with E-state index in [1.165, 1.54) is 18.2 Å². The Morgan fingerprint density at radius 1 is 0.914 bits per heavy atom. The summed E-state index contributed by atoms with van der Waals surface area (Å²) >= 11 is 0. The van der Waals surface area contributed by atoms with Gasteiger partial charge in [0.25, 0.3) is 11.8 Å². The molecule has 1 atom stereocenters. The van der Waals surface area contributed by atoms with Gasteiger partial charge < -0.3 is 15.2 Å². The minimum atomic E-state index is -0.541. The normalized spacial score (nSPS) is 15.6. The first-order valence-electron chi connectivity index (χ1n) is 12.1. The summed E-state index contributed by atoms with van der Waals surface area (Å²) < 4.78 is 1.78. The molecule has 1 aromatic heterocycles. The number of nitrogens with zero attached hydrogens (tertiary/aromatic N) is 2. The lowest BCUT2D eigenvalue weighted by Gasteiger charge is -2.17. The summed E-state index contributed by atoms with van der Waals surface area (Å²) in [5.41, 5.74) is 1.90. The maximum Gasteiger partial charge on any atom is 0.257 e. The van der Waals surface area contributed by atoms with Crippen LogP contribution in [0.25, 0.3) is 0 Å². The number of carbonyl (C=O) groups is 2. The van der Waals surface area contributed by atoms with Crippen LogP contribution in [0.15, 0.2) is 77.9 Å². The number of rotatable bonds is 9. The van der Waals surface area contributed by atoms with E-state index >= 15 is 0 Å². The van der Waals surface area contributed by atoms with Crippen LogP contribution in [0.3, 0.4) is 0 Å². The summed E-state index contributed by atoms with van der Waals surface area (Å²) in [5, 5.41) is 5.53. The first-order valence-corrected chi connectivity index (χ1v) is 12.1. The quantitative estimate of drug-likeness (QED) is 0.502. The predicted molar refractivity (Wildman–Crippen MR) is 136 cm³/mol. The smallest absolute Gasteiger partial charge is 0.257 e. The van der Waals surface area contributed by atoms with E-state index in [1.807, 2.05) is 36.4 Å². The van der Waals surface area contributed by atoms with Crippen molar-refractivity contribution in [1.29, 1.82) is 0 Å². The van der Waals surface area contributed by atoms with Crippen LogP contribution in [0.4, 0.5) is 0 Å². The summed E-state index contributed by atoms with van der Waals surface area (Å²) in [6.07, 6.45) is 5.62. The van der Waals surface area contributed by atoms with Crippen molar-refractivity contribution in [3.05, 3.63) is 106 Å². The maximum absolute atomic E-state index is 13.1. The van der Waals surface area contributed by atoms with Gasteiger partial charge >= 0.3 is 0 Å². The number of carbonyl (C=O) groups excluding carboxylic acids is 2. The highest BCUT2D eigenvalue weighted by Crippen LogP contribution is 2.14. The van der Waals surface area contributed by atoms with E-state index in [0.717, 1.165) is 38.9 Å². The third kappa shape index (κ3) is 6.45. The molecular formula is C28H32N4O3. The van der Waals surface area contributed by atoms with Crippen molar-refractivity contribution in [1.82, 2.24) is 20.1 Å². The van der Waals surface area contributed by atoms with Gasteiger partial charge in [-0.05, 0) is 30.4 Å². The fourth-order valence-electron chi connectivity index (χ4n) is 4.53. The summed E-state index contributed by atoms with van der Waals surface area (Å²) in [5.74, 6) is -0.916. The van der Waals surface area contributed by atoms with Crippen LogP contribution in [-0.2, 0) is 19.5 Å². The van der Waals surface area contributed by atoms with Crippen LogP contribution >= 0.6 is 0 Å². The number of hydrogen-bond acceptors (Lipinski definition) is 4. The van der Waals surface area contributed by atoms with Gasteiger partial charge in [0.05, 0.1) is 0 Å². The molecule has 0 aliphatic carbocycles. The number of amides is 2. The van der Waals surface area contributed by atoms with Crippen molar-refractivity contribution in [2.75, 3.05) is 20.1 Å². The molecule has 0 saturated carbocycles. The van der Waals surface area contributed by atoms with E-state index in [9.17, 15) is 14.4 Å². The highest BCUT2D eigenvalue weighted by molar-refractivity contribution is 5.99. The average molecular weight is 473 g/mol. The molecule has 1 aliphatic rings. The monoisotopic (exact) mass is 472 g/mol. The van der Waals surface area contributed by atoms with E-state index in [-0.39, 0.29) is 17.2 Å². The Kier molecular flexibility index (Phi) is 8.11. The molecule has 0 spiro atoms. The lowest BCUT2D eigenvalue weighted by molar-refractivity contribution is 0.0935. The molecule has 0 radical (unpaired) electrons. The minimum Gasteiger partial charge on any atom is -0.355 e. The largest absolute Gasteiger partial charge is 0.355 e. The van der Waals surface area contributed by atoms with Gasteiger partial charge in [0.1, 0.15) is 11.1 Å². The van der Waals surface area contributed by atoms with Crippen LogP contribution in [0.1, 0.15) is 44.7 Å². The van der Waals surface area contributed by atoms with Crippen LogP contribution in [0, 0.1) is 0 Å². The molecule has 7 nitrogen and oxygen atoms in total. The van der Waals surface area contributed by atoms with Crippen molar-refractivity contribution in [2.24, 2.45) is 0 Å². The van der Waals surface area contributed by atoms with E-state index < -0.39 is 17.2 Å². The van der Waals surface area contributed by atoms with Gasteiger partial charge in [0.2, 0.25) is 5.43 Å². The Labute approximate surface area is 205 Å². The number of pyridine rings is 1. The van der Waals surface area contributed by atoms with Crippen molar-refractivity contribution >= 4 is 11.8 Å². The zero-order chi connectivity index (χ0) is 24.6. The molecule has 1 unspecified atom stereocenters. The topological polar surface area (TPSA) is 83.4 Å². The van der Waals surface area contributed by atoms with E-state index in [0.29, 0.717) is 6.54 Å². The zero-order valence-electron chi connectivity index (χ0n) is 20.1. The van der Waals surface area contributed by atoms with Gasteiger partial charge in [0.15, 0.2) is 0 Å². The summed E-state index contributed by atoms with van der Waals surface area (Å²) in [7, 11) is 1.48. The molecule has 2 amide bonds. The number of hydrogen-bond donors (Lipinski definition) is 2. The molecule has 35 heavy (non-hydrogen) atoms. The molecule has 2 heterocycles. The summed E-state index contributed by atoms with van der Waals surface area (Å²) in [6.45, 7) is 3.02. The summed E-state index contributed by atoms with van der Waals surface area (Å²) in [6, 6.07) is 20.3. The Morgan fingerprint density at radius 3 is 2.20 bits per heavy atom. The third-order valence-corrected chi connectivity index (χ3v) is 6.38. The van der Waals surface area contributed by atoms with Gasteiger partial charge in [0, 0.05) is 51.7 Å². The standard InChI is InChI=1S/C28H32N4O3/c1-29-27(34)24-19-31(15-8-13-21-9-4-2-5-10-21)20-25(26(24)33)28(35)30-23-14-16-32(18-23)17-22-11-6-3-7-12-22/h2-7,9-12,19-20,23H,8,13-18H2,1H3,(H,29,34)(H,30,35). The third-order valence-electron chi connectivity index (χ3n) is 6.38. The first-order chi connectivity index (χ1) is 17.0.